The molecule has 1 N–H and O–H groups in total. The fourth-order valence-electron chi connectivity index (χ4n) is 0.295. The molecule has 0 spiro atoms. The van der Waals surface area contributed by atoms with Crippen LogP contribution in [-0.2, 0) is 4.79 Å². The van der Waals surface area contributed by atoms with Crippen molar-refractivity contribution in [1.82, 2.24) is 4.98 Å². The molecule has 0 aromatic carbocycles. The molecule has 0 radical (unpaired) electrons. The van der Waals surface area contributed by atoms with E-state index in [1.807, 2.05) is 12.3 Å². The zero-order valence-corrected chi connectivity index (χ0v) is 7.39. The van der Waals surface area contributed by atoms with Gasteiger partial charge in [-0.25, -0.2) is 0 Å². The molecule has 1 rings (SSSR count). The molecule has 0 fully saturated rings. The Bertz CT molecular complexity index is 196. The van der Waals surface area contributed by atoms with Crippen molar-refractivity contribution in [2.75, 3.05) is 0 Å². The topological polar surface area (TPSA) is 50.2 Å². The minimum absolute atomic E-state index is 0.222. The maximum atomic E-state index is 9.37. The van der Waals surface area contributed by atoms with Crippen LogP contribution in [0.4, 0.5) is 0 Å². The van der Waals surface area contributed by atoms with Gasteiger partial charge in [-0.05, 0) is 6.92 Å². The van der Waals surface area contributed by atoms with Crippen LogP contribution in [0, 0.1) is 6.92 Å². The summed E-state index contributed by atoms with van der Waals surface area (Å²) in [5.41, 5.74) is 0. The number of thiazole rings is 1. The summed E-state index contributed by atoms with van der Waals surface area (Å²) >= 11 is 1.67. The first-order chi connectivity index (χ1) is 5.16. The highest BCUT2D eigenvalue weighted by Gasteiger charge is 1.80. The number of carboxylic acids is 1. The molecule has 3 nitrogen and oxygen atoms in total. The predicted octanol–water partition coefficient (Wildman–Crippen LogP) is 1.93. The lowest BCUT2D eigenvalue weighted by molar-refractivity contribution is -0.136. The number of hydrogen-bond donors (Lipinski definition) is 1. The zero-order chi connectivity index (χ0) is 8.69. The molecule has 62 valence electrons. The fraction of sp³-hybridized carbons (Fsp3) is 0.429. The van der Waals surface area contributed by atoms with E-state index in [1.165, 1.54) is 0 Å². The van der Waals surface area contributed by atoms with Crippen LogP contribution in [0.1, 0.15) is 18.4 Å². The van der Waals surface area contributed by atoms with E-state index < -0.39 is 5.97 Å². The summed E-state index contributed by atoms with van der Waals surface area (Å²) < 4.78 is 0. The van der Waals surface area contributed by atoms with Crippen molar-refractivity contribution in [3.05, 3.63) is 16.6 Å². The van der Waals surface area contributed by atoms with E-state index in [1.54, 1.807) is 24.5 Å². The molecular weight excluding hydrogens is 162 g/mol. The molecule has 0 saturated carbocycles. The number of rotatable bonds is 1. The van der Waals surface area contributed by atoms with Crippen molar-refractivity contribution in [3.63, 3.8) is 0 Å². The van der Waals surface area contributed by atoms with E-state index in [4.69, 9.17) is 5.11 Å². The Balaban J connectivity index is 0.000000187. The molecule has 0 amide bonds. The smallest absolute Gasteiger partial charge is 0.303 e. The molecule has 1 heterocycles. The third-order valence-electron chi connectivity index (χ3n) is 0.858. The SMILES string of the molecule is CCC(=O)O.Cc1nccs1. The third-order valence-corrected chi connectivity index (χ3v) is 1.56. The van der Waals surface area contributed by atoms with Gasteiger partial charge in [0.15, 0.2) is 0 Å². The number of hydrogen-bond acceptors (Lipinski definition) is 3. The lowest BCUT2D eigenvalue weighted by atomic mass is 10.5. The average molecular weight is 173 g/mol. The molecule has 0 bridgehead atoms. The molecule has 4 heteroatoms. The van der Waals surface area contributed by atoms with Crippen molar-refractivity contribution in [3.8, 4) is 0 Å². The van der Waals surface area contributed by atoms with Gasteiger partial charge in [0.1, 0.15) is 0 Å². The summed E-state index contributed by atoms with van der Waals surface area (Å²) in [6.07, 6.45) is 2.03. The van der Waals surface area contributed by atoms with Crippen LogP contribution in [-0.4, -0.2) is 16.1 Å². The number of carboxylic acid groups (broad SMARTS) is 1. The number of carbonyl (C=O) groups is 1. The van der Waals surface area contributed by atoms with Crippen LogP contribution in [0.25, 0.3) is 0 Å². The quantitative estimate of drug-likeness (QED) is 0.706. The van der Waals surface area contributed by atoms with Gasteiger partial charge in [0, 0.05) is 18.0 Å². The van der Waals surface area contributed by atoms with Gasteiger partial charge in [-0.3, -0.25) is 9.78 Å². The number of aryl methyl sites for hydroxylation is 1. The summed E-state index contributed by atoms with van der Waals surface area (Å²) in [7, 11) is 0. The Labute approximate surface area is 69.7 Å². The molecule has 1 aromatic heterocycles. The van der Waals surface area contributed by atoms with E-state index in [0.29, 0.717) is 0 Å². The van der Waals surface area contributed by atoms with E-state index in [2.05, 4.69) is 4.98 Å². The summed E-state index contributed by atoms with van der Waals surface area (Å²) in [5, 5.41) is 10.8. The summed E-state index contributed by atoms with van der Waals surface area (Å²) in [4.78, 5) is 13.3. The van der Waals surface area contributed by atoms with Gasteiger partial charge >= 0.3 is 5.97 Å². The van der Waals surface area contributed by atoms with E-state index in [-0.39, 0.29) is 6.42 Å². The van der Waals surface area contributed by atoms with Gasteiger partial charge < -0.3 is 5.11 Å². The van der Waals surface area contributed by atoms with Crippen molar-refractivity contribution in [2.24, 2.45) is 0 Å². The maximum absolute atomic E-state index is 9.37. The first-order valence-electron chi connectivity index (χ1n) is 3.24. The third kappa shape index (κ3) is 6.99. The summed E-state index contributed by atoms with van der Waals surface area (Å²) in [6, 6.07) is 0. The largest absolute Gasteiger partial charge is 0.481 e. The minimum Gasteiger partial charge on any atom is -0.481 e. The van der Waals surface area contributed by atoms with Gasteiger partial charge in [-0.1, -0.05) is 6.92 Å². The van der Waals surface area contributed by atoms with Gasteiger partial charge in [-0.15, -0.1) is 11.3 Å². The summed E-state index contributed by atoms with van der Waals surface area (Å²) in [6.45, 7) is 3.59. The minimum atomic E-state index is -0.745. The van der Waals surface area contributed by atoms with Crippen LogP contribution in [0.2, 0.25) is 0 Å². The second kappa shape index (κ2) is 5.85. The highest BCUT2D eigenvalue weighted by molar-refractivity contribution is 7.09. The van der Waals surface area contributed by atoms with Crippen LogP contribution in [0.3, 0.4) is 0 Å². The number of aliphatic carboxylic acids is 1. The van der Waals surface area contributed by atoms with E-state index >= 15 is 0 Å². The second-order valence-corrected chi connectivity index (χ2v) is 2.90. The van der Waals surface area contributed by atoms with Crippen LogP contribution < -0.4 is 0 Å². The lowest BCUT2D eigenvalue weighted by Crippen LogP contribution is -1.86. The van der Waals surface area contributed by atoms with Gasteiger partial charge in [0.25, 0.3) is 0 Å². The maximum Gasteiger partial charge on any atom is 0.303 e. The molecule has 11 heavy (non-hydrogen) atoms. The van der Waals surface area contributed by atoms with Crippen molar-refractivity contribution >= 4 is 17.3 Å². The fourth-order valence-corrected chi connectivity index (χ4v) is 0.735. The highest BCUT2D eigenvalue weighted by Crippen LogP contribution is 1.98. The van der Waals surface area contributed by atoms with Crippen LogP contribution in [0.5, 0.6) is 0 Å². The molecule has 0 aliphatic heterocycles. The Kier molecular flexibility index (Phi) is 5.37. The van der Waals surface area contributed by atoms with E-state index in [9.17, 15) is 4.79 Å². The zero-order valence-electron chi connectivity index (χ0n) is 6.57. The van der Waals surface area contributed by atoms with E-state index in [0.717, 1.165) is 5.01 Å². The average Bonchev–Trinajstić information content (AvgIpc) is 2.41. The van der Waals surface area contributed by atoms with Crippen LogP contribution in [0.15, 0.2) is 11.6 Å². The second-order valence-electron chi connectivity index (χ2n) is 1.80. The number of nitrogens with zero attached hydrogens (tertiary/aromatic N) is 1. The van der Waals surface area contributed by atoms with Gasteiger partial charge in [-0.2, -0.15) is 0 Å². The van der Waals surface area contributed by atoms with Crippen LogP contribution >= 0.6 is 11.3 Å². The van der Waals surface area contributed by atoms with Crippen molar-refractivity contribution < 1.29 is 9.90 Å². The molecule has 0 unspecified atom stereocenters. The Morgan fingerprint density at radius 3 is 2.45 bits per heavy atom. The molecular formula is C7H11NO2S. The highest BCUT2D eigenvalue weighted by atomic mass is 32.1. The Hall–Kier alpha value is -0.900. The molecule has 0 atom stereocenters. The lowest BCUT2D eigenvalue weighted by Gasteiger charge is -1.71. The molecule has 1 aromatic rings. The first kappa shape index (κ1) is 10.1. The number of aromatic nitrogens is 1. The first-order valence-corrected chi connectivity index (χ1v) is 4.12. The Morgan fingerprint density at radius 2 is 2.36 bits per heavy atom. The normalized spacial score (nSPS) is 8.18. The monoisotopic (exact) mass is 173 g/mol. The summed E-state index contributed by atoms with van der Waals surface area (Å²) in [5.74, 6) is -0.745. The molecule has 0 aliphatic rings. The van der Waals surface area contributed by atoms with Gasteiger partial charge in [0.2, 0.25) is 0 Å². The van der Waals surface area contributed by atoms with Gasteiger partial charge in [0.05, 0.1) is 5.01 Å². The standard InChI is InChI=1S/C4H5NS.C3H6O2/c1-4-5-2-3-6-4;1-2-3(4)5/h2-3H,1H3;2H2,1H3,(H,4,5). The predicted molar refractivity (Wildman–Crippen MR) is 44.8 cm³/mol. The Morgan fingerprint density at radius 1 is 1.82 bits per heavy atom. The molecule has 0 saturated heterocycles. The van der Waals surface area contributed by atoms with Crippen molar-refractivity contribution in [1.29, 1.82) is 0 Å². The van der Waals surface area contributed by atoms with Crippen molar-refractivity contribution in [2.45, 2.75) is 20.3 Å². The molecule has 0 aliphatic carbocycles.